The fourth-order valence-corrected chi connectivity index (χ4v) is 2.21. The maximum atomic E-state index is 12.1. The predicted molar refractivity (Wildman–Crippen MR) is 89.1 cm³/mol. The second-order valence-electron chi connectivity index (χ2n) is 5.80. The maximum Gasteiger partial charge on any atom is 0.243 e. The minimum atomic E-state index is -0.120. The molecule has 0 bridgehead atoms. The fourth-order valence-electron chi connectivity index (χ4n) is 2.21. The van der Waals surface area contributed by atoms with Crippen LogP contribution in [-0.4, -0.2) is 41.6 Å². The van der Waals surface area contributed by atoms with Crippen LogP contribution >= 0.6 is 0 Å². The zero-order valence-electron chi connectivity index (χ0n) is 14.6. The van der Waals surface area contributed by atoms with Crippen LogP contribution in [0.3, 0.4) is 0 Å². The topological polar surface area (TPSA) is 80.5 Å². The van der Waals surface area contributed by atoms with E-state index in [1.54, 1.807) is 14.0 Å². The lowest BCUT2D eigenvalue weighted by atomic mass is 10.1. The SMILES string of the molecule is COCc1ccc(CNC(=O)CN(C)C(C)c2nc(C)no2)cc1. The van der Waals surface area contributed by atoms with Gasteiger partial charge in [0.2, 0.25) is 11.8 Å². The molecule has 0 aliphatic rings. The second kappa shape index (κ2) is 8.56. The molecule has 130 valence electrons. The van der Waals surface area contributed by atoms with Crippen LogP contribution < -0.4 is 5.32 Å². The standard InChI is InChI=1S/C17H24N4O3/c1-12(17-19-13(2)20-24-17)21(3)10-16(22)18-9-14-5-7-15(8-6-14)11-23-4/h5-8,12H,9-11H2,1-4H3,(H,18,22). The van der Waals surface area contributed by atoms with Gasteiger partial charge in [0.15, 0.2) is 5.82 Å². The van der Waals surface area contributed by atoms with Gasteiger partial charge >= 0.3 is 0 Å². The highest BCUT2D eigenvalue weighted by molar-refractivity contribution is 5.78. The summed E-state index contributed by atoms with van der Waals surface area (Å²) in [4.78, 5) is 18.2. The summed E-state index contributed by atoms with van der Waals surface area (Å²) in [6.07, 6.45) is 0. The van der Waals surface area contributed by atoms with E-state index in [2.05, 4.69) is 15.5 Å². The number of rotatable bonds is 8. The van der Waals surface area contributed by atoms with Crippen LogP contribution in [0.25, 0.3) is 0 Å². The van der Waals surface area contributed by atoms with Crippen LogP contribution in [0.15, 0.2) is 28.8 Å². The Kier molecular flexibility index (Phi) is 6.45. The predicted octanol–water partition coefficient (Wildman–Crippen LogP) is 1.83. The largest absolute Gasteiger partial charge is 0.380 e. The van der Waals surface area contributed by atoms with Crippen molar-refractivity contribution >= 4 is 5.91 Å². The van der Waals surface area contributed by atoms with Gasteiger partial charge in [-0.05, 0) is 32.0 Å². The van der Waals surface area contributed by atoms with E-state index in [-0.39, 0.29) is 18.5 Å². The van der Waals surface area contributed by atoms with E-state index < -0.39 is 0 Å². The molecule has 2 aromatic rings. The summed E-state index contributed by atoms with van der Waals surface area (Å²) in [5.41, 5.74) is 2.16. The van der Waals surface area contributed by atoms with Gasteiger partial charge < -0.3 is 14.6 Å². The van der Waals surface area contributed by atoms with Crippen LogP contribution in [0.5, 0.6) is 0 Å². The first-order valence-corrected chi connectivity index (χ1v) is 7.83. The van der Waals surface area contributed by atoms with Crippen molar-refractivity contribution in [1.29, 1.82) is 0 Å². The first-order valence-electron chi connectivity index (χ1n) is 7.83. The Bertz CT molecular complexity index is 654. The molecule has 7 heteroatoms. The third kappa shape index (κ3) is 5.14. The first-order chi connectivity index (χ1) is 11.5. The molecular weight excluding hydrogens is 308 g/mol. The minimum absolute atomic E-state index is 0.0541. The van der Waals surface area contributed by atoms with Gasteiger partial charge in [-0.25, -0.2) is 0 Å². The molecule has 0 saturated carbocycles. The summed E-state index contributed by atoms with van der Waals surface area (Å²) in [5.74, 6) is 1.05. The maximum absolute atomic E-state index is 12.1. The van der Waals surface area contributed by atoms with Crippen molar-refractivity contribution in [3.05, 3.63) is 47.1 Å². The Hall–Kier alpha value is -2.25. The van der Waals surface area contributed by atoms with Crippen molar-refractivity contribution < 1.29 is 14.1 Å². The molecule has 1 aromatic carbocycles. The van der Waals surface area contributed by atoms with Crippen molar-refractivity contribution in [3.63, 3.8) is 0 Å². The normalized spacial score (nSPS) is 12.4. The number of amides is 1. The third-order valence-corrected chi connectivity index (χ3v) is 3.78. The molecule has 24 heavy (non-hydrogen) atoms. The van der Waals surface area contributed by atoms with E-state index in [9.17, 15) is 4.79 Å². The molecule has 0 radical (unpaired) electrons. The summed E-state index contributed by atoms with van der Waals surface area (Å²) in [6, 6.07) is 7.85. The van der Waals surface area contributed by atoms with Gasteiger partial charge in [0.25, 0.3) is 0 Å². The monoisotopic (exact) mass is 332 g/mol. The van der Waals surface area contributed by atoms with Crippen LogP contribution in [0.4, 0.5) is 0 Å². The van der Waals surface area contributed by atoms with Crippen LogP contribution in [0.2, 0.25) is 0 Å². The zero-order valence-corrected chi connectivity index (χ0v) is 14.6. The summed E-state index contributed by atoms with van der Waals surface area (Å²) in [6.45, 7) is 5.03. The number of methoxy groups -OCH3 is 1. The second-order valence-corrected chi connectivity index (χ2v) is 5.80. The molecule has 1 aromatic heterocycles. The van der Waals surface area contributed by atoms with Gasteiger partial charge in [0.05, 0.1) is 19.2 Å². The Morgan fingerprint density at radius 2 is 2.00 bits per heavy atom. The smallest absolute Gasteiger partial charge is 0.243 e. The number of benzene rings is 1. The van der Waals surface area contributed by atoms with Crippen molar-refractivity contribution in [3.8, 4) is 0 Å². The molecule has 7 nitrogen and oxygen atoms in total. The summed E-state index contributed by atoms with van der Waals surface area (Å²) in [5, 5.41) is 6.69. The van der Waals surface area contributed by atoms with Gasteiger partial charge in [0.1, 0.15) is 0 Å². The van der Waals surface area contributed by atoms with Gasteiger partial charge in [-0.2, -0.15) is 4.98 Å². The highest BCUT2D eigenvalue weighted by Gasteiger charge is 2.19. The molecule has 0 aliphatic carbocycles. The Morgan fingerprint density at radius 1 is 1.33 bits per heavy atom. The summed E-state index contributed by atoms with van der Waals surface area (Å²) < 4.78 is 10.2. The number of carbonyl (C=O) groups is 1. The number of ether oxygens (including phenoxy) is 1. The highest BCUT2D eigenvalue weighted by atomic mass is 16.5. The lowest BCUT2D eigenvalue weighted by Crippen LogP contribution is -2.36. The van der Waals surface area contributed by atoms with E-state index in [1.807, 2.05) is 43.1 Å². The van der Waals surface area contributed by atoms with E-state index >= 15 is 0 Å². The number of likely N-dealkylation sites (N-methyl/N-ethyl adjacent to an activating group) is 1. The molecule has 1 heterocycles. The molecule has 1 amide bonds. The zero-order chi connectivity index (χ0) is 17.5. The minimum Gasteiger partial charge on any atom is -0.380 e. The van der Waals surface area contributed by atoms with Gasteiger partial charge in [0, 0.05) is 13.7 Å². The number of nitrogens with zero attached hydrogens (tertiary/aromatic N) is 3. The molecule has 0 aliphatic heterocycles. The molecule has 1 unspecified atom stereocenters. The van der Waals surface area contributed by atoms with E-state index in [4.69, 9.17) is 9.26 Å². The summed E-state index contributed by atoms with van der Waals surface area (Å²) in [7, 11) is 3.52. The fraction of sp³-hybridized carbons (Fsp3) is 0.471. The molecule has 2 rings (SSSR count). The average molecular weight is 332 g/mol. The Morgan fingerprint density at radius 3 is 2.58 bits per heavy atom. The van der Waals surface area contributed by atoms with Crippen LogP contribution in [0.1, 0.15) is 35.8 Å². The lowest BCUT2D eigenvalue weighted by Gasteiger charge is -2.20. The van der Waals surface area contributed by atoms with Gasteiger partial charge in [-0.15, -0.1) is 0 Å². The lowest BCUT2D eigenvalue weighted by molar-refractivity contribution is -0.122. The molecule has 0 fully saturated rings. The van der Waals surface area contributed by atoms with E-state index in [0.29, 0.717) is 24.9 Å². The van der Waals surface area contributed by atoms with Crippen molar-refractivity contribution in [2.45, 2.75) is 33.0 Å². The Labute approximate surface area is 142 Å². The molecule has 0 saturated heterocycles. The number of hydrogen-bond acceptors (Lipinski definition) is 6. The Balaban J connectivity index is 1.79. The number of aryl methyl sites for hydroxylation is 1. The van der Waals surface area contributed by atoms with E-state index in [0.717, 1.165) is 11.1 Å². The van der Waals surface area contributed by atoms with Crippen LogP contribution in [0, 0.1) is 6.92 Å². The molecule has 0 spiro atoms. The van der Waals surface area contributed by atoms with Gasteiger partial charge in [-0.3, -0.25) is 9.69 Å². The van der Waals surface area contributed by atoms with Crippen molar-refractivity contribution in [2.75, 3.05) is 20.7 Å². The number of hydrogen-bond donors (Lipinski definition) is 1. The molecule has 1 N–H and O–H groups in total. The quantitative estimate of drug-likeness (QED) is 0.794. The van der Waals surface area contributed by atoms with Crippen molar-refractivity contribution in [2.24, 2.45) is 0 Å². The number of carbonyl (C=O) groups excluding carboxylic acids is 1. The van der Waals surface area contributed by atoms with Crippen LogP contribution in [-0.2, 0) is 22.7 Å². The average Bonchev–Trinajstić information content (AvgIpc) is 3.00. The number of aromatic nitrogens is 2. The van der Waals surface area contributed by atoms with Crippen molar-refractivity contribution in [1.82, 2.24) is 20.4 Å². The summed E-state index contributed by atoms with van der Waals surface area (Å²) >= 11 is 0. The molecule has 1 atom stereocenters. The van der Waals surface area contributed by atoms with Gasteiger partial charge in [-0.1, -0.05) is 29.4 Å². The number of nitrogens with one attached hydrogen (secondary N) is 1. The van der Waals surface area contributed by atoms with E-state index in [1.165, 1.54) is 0 Å². The third-order valence-electron chi connectivity index (χ3n) is 3.78. The first kappa shape index (κ1) is 18.1. The highest BCUT2D eigenvalue weighted by Crippen LogP contribution is 2.15. The molecular formula is C17H24N4O3.